The van der Waals surface area contributed by atoms with Gasteiger partial charge in [0.15, 0.2) is 0 Å². The largest absolute Gasteiger partial charge is 0.469 e. The lowest BCUT2D eigenvalue weighted by Crippen LogP contribution is -2.19. The van der Waals surface area contributed by atoms with Crippen molar-refractivity contribution in [3.05, 3.63) is 17.0 Å². The third-order valence-corrected chi connectivity index (χ3v) is 2.69. The molecule has 0 saturated carbocycles. The van der Waals surface area contributed by atoms with Crippen molar-refractivity contribution in [2.45, 2.75) is 26.8 Å². The Hall–Kier alpha value is -1.36. The van der Waals surface area contributed by atoms with E-state index in [1.807, 2.05) is 25.6 Å². The molecule has 0 radical (unpaired) electrons. The van der Waals surface area contributed by atoms with Crippen LogP contribution >= 0.6 is 0 Å². The molecule has 0 aromatic carbocycles. The third-order valence-electron chi connectivity index (χ3n) is 2.69. The number of ether oxygens (including phenoxy) is 1. The first kappa shape index (κ1) is 12.7. The number of carbonyl (C=O) groups excluding carboxylic acids is 1. The molecule has 0 aliphatic carbocycles. The van der Waals surface area contributed by atoms with Crippen molar-refractivity contribution in [2.75, 3.05) is 13.7 Å². The van der Waals surface area contributed by atoms with Crippen molar-refractivity contribution in [2.24, 2.45) is 7.05 Å². The zero-order chi connectivity index (χ0) is 12.1. The summed E-state index contributed by atoms with van der Waals surface area (Å²) in [6.45, 7) is 5.39. The highest BCUT2D eigenvalue weighted by atomic mass is 16.5. The van der Waals surface area contributed by atoms with Crippen LogP contribution in [0.15, 0.2) is 0 Å². The van der Waals surface area contributed by atoms with Gasteiger partial charge in [-0.1, -0.05) is 0 Å². The number of hydrogen-bond acceptors (Lipinski definition) is 4. The third kappa shape index (κ3) is 3.06. The van der Waals surface area contributed by atoms with E-state index in [2.05, 4.69) is 15.2 Å². The maximum Gasteiger partial charge on any atom is 0.306 e. The zero-order valence-corrected chi connectivity index (χ0v) is 10.3. The number of aryl methyl sites for hydroxylation is 2. The van der Waals surface area contributed by atoms with E-state index in [0.717, 1.165) is 17.9 Å². The Labute approximate surface area is 95.8 Å². The number of esters is 1. The molecule has 5 nitrogen and oxygen atoms in total. The van der Waals surface area contributed by atoms with Crippen LogP contribution in [0.5, 0.6) is 0 Å². The fourth-order valence-corrected chi connectivity index (χ4v) is 1.58. The quantitative estimate of drug-likeness (QED) is 0.591. The van der Waals surface area contributed by atoms with E-state index in [1.54, 1.807) is 0 Å². The molecule has 1 aromatic rings. The summed E-state index contributed by atoms with van der Waals surface area (Å²) in [4.78, 5) is 10.9. The molecule has 0 aliphatic rings. The van der Waals surface area contributed by atoms with E-state index in [-0.39, 0.29) is 5.97 Å². The molecule has 0 unspecified atom stereocenters. The van der Waals surface area contributed by atoms with Gasteiger partial charge in [0.25, 0.3) is 0 Å². The van der Waals surface area contributed by atoms with Gasteiger partial charge < -0.3 is 10.1 Å². The van der Waals surface area contributed by atoms with Crippen molar-refractivity contribution in [3.8, 4) is 0 Å². The lowest BCUT2D eigenvalue weighted by atomic mass is 10.2. The van der Waals surface area contributed by atoms with Crippen LogP contribution in [0.25, 0.3) is 0 Å². The lowest BCUT2D eigenvalue weighted by molar-refractivity contribution is -0.140. The van der Waals surface area contributed by atoms with Crippen LogP contribution in [-0.4, -0.2) is 29.4 Å². The van der Waals surface area contributed by atoms with Crippen LogP contribution < -0.4 is 5.32 Å². The molecule has 90 valence electrons. The lowest BCUT2D eigenvalue weighted by Gasteiger charge is -2.04. The fourth-order valence-electron chi connectivity index (χ4n) is 1.58. The van der Waals surface area contributed by atoms with E-state index in [1.165, 1.54) is 12.7 Å². The van der Waals surface area contributed by atoms with Gasteiger partial charge in [-0.2, -0.15) is 5.10 Å². The van der Waals surface area contributed by atoms with Gasteiger partial charge in [-0.05, 0) is 13.8 Å². The van der Waals surface area contributed by atoms with Crippen molar-refractivity contribution in [3.63, 3.8) is 0 Å². The second-order valence-electron chi connectivity index (χ2n) is 3.78. The van der Waals surface area contributed by atoms with Crippen LogP contribution in [0, 0.1) is 13.8 Å². The molecular formula is C11H19N3O2. The van der Waals surface area contributed by atoms with E-state index in [9.17, 15) is 4.79 Å². The molecule has 16 heavy (non-hydrogen) atoms. The van der Waals surface area contributed by atoms with Crippen LogP contribution in [-0.2, 0) is 23.1 Å². The Morgan fingerprint density at radius 1 is 1.50 bits per heavy atom. The summed E-state index contributed by atoms with van der Waals surface area (Å²) in [6, 6.07) is 0. The molecule has 1 rings (SSSR count). The van der Waals surface area contributed by atoms with Gasteiger partial charge in [0.1, 0.15) is 0 Å². The molecule has 0 bridgehead atoms. The fraction of sp³-hybridized carbons (Fsp3) is 0.636. The second-order valence-corrected chi connectivity index (χ2v) is 3.78. The predicted molar refractivity (Wildman–Crippen MR) is 61.0 cm³/mol. The number of nitrogens with one attached hydrogen (secondary N) is 1. The maximum atomic E-state index is 10.9. The average Bonchev–Trinajstić information content (AvgIpc) is 2.49. The topological polar surface area (TPSA) is 56.1 Å². The van der Waals surface area contributed by atoms with Gasteiger partial charge in [-0.15, -0.1) is 0 Å². The van der Waals surface area contributed by atoms with Gasteiger partial charge in [-0.25, -0.2) is 0 Å². The molecule has 5 heteroatoms. The number of methoxy groups -OCH3 is 1. The summed E-state index contributed by atoms with van der Waals surface area (Å²) in [7, 11) is 3.33. The SMILES string of the molecule is COC(=O)CCNCc1c(C)nn(C)c1C. The molecule has 0 saturated heterocycles. The first-order valence-corrected chi connectivity index (χ1v) is 5.33. The Balaban J connectivity index is 2.40. The minimum absolute atomic E-state index is 0.188. The number of nitrogens with zero attached hydrogens (tertiary/aromatic N) is 2. The summed E-state index contributed by atoms with van der Waals surface area (Å²) >= 11 is 0. The van der Waals surface area contributed by atoms with Crippen molar-refractivity contribution in [1.29, 1.82) is 0 Å². The van der Waals surface area contributed by atoms with Crippen LogP contribution in [0.3, 0.4) is 0 Å². The minimum Gasteiger partial charge on any atom is -0.469 e. The molecule has 0 fully saturated rings. The monoisotopic (exact) mass is 225 g/mol. The zero-order valence-electron chi connectivity index (χ0n) is 10.3. The molecule has 1 heterocycles. The molecule has 0 aliphatic heterocycles. The molecule has 1 N–H and O–H groups in total. The van der Waals surface area contributed by atoms with E-state index in [4.69, 9.17) is 0 Å². The number of hydrogen-bond donors (Lipinski definition) is 1. The average molecular weight is 225 g/mol. The summed E-state index contributed by atoms with van der Waals surface area (Å²) in [5.74, 6) is -0.188. The minimum atomic E-state index is -0.188. The van der Waals surface area contributed by atoms with Gasteiger partial charge in [0, 0.05) is 31.4 Å². The molecule has 0 spiro atoms. The van der Waals surface area contributed by atoms with Gasteiger partial charge in [0.05, 0.1) is 19.2 Å². The Kier molecular flexibility index (Phi) is 4.49. The Morgan fingerprint density at radius 2 is 2.19 bits per heavy atom. The van der Waals surface area contributed by atoms with Gasteiger partial charge in [-0.3, -0.25) is 9.48 Å². The predicted octanol–water partition coefficient (Wildman–Crippen LogP) is 0.690. The summed E-state index contributed by atoms with van der Waals surface area (Å²) in [5.41, 5.74) is 3.39. The summed E-state index contributed by atoms with van der Waals surface area (Å²) in [5, 5.41) is 7.53. The van der Waals surface area contributed by atoms with Crippen LogP contribution in [0.2, 0.25) is 0 Å². The maximum absolute atomic E-state index is 10.9. The molecule has 0 atom stereocenters. The summed E-state index contributed by atoms with van der Waals surface area (Å²) in [6.07, 6.45) is 0.398. The van der Waals surface area contributed by atoms with Gasteiger partial charge >= 0.3 is 5.97 Å². The highest BCUT2D eigenvalue weighted by Gasteiger charge is 2.08. The van der Waals surface area contributed by atoms with Crippen LogP contribution in [0.1, 0.15) is 23.4 Å². The summed E-state index contributed by atoms with van der Waals surface area (Å²) < 4.78 is 6.43. The highest BCUT2D eigenvalue weighted by molar-refractivity contribution is 5.69. The smallest absolute Gasteiger partial charge is 0.306 e. The van der Waals surface area contributed by atoms with Crippen molar-refractivity contribution >= 4 is 5.97 Å². The van der Waals surface area contributed by atoms with E-state index < -0.39 is 0 Å². The van der Waals surface area contributed by atoms with Crippen molar-refractivity contribution in [1.82, 2.24) is 15.1 Å². The van der Waals surface area contributed by atoms with Crippen LogP contribution in [0.4, 0.5) is 0 Å². The standard InChI is InChI=1S/C11H19N3O2/c1-8-10(9(2)14(3)13-8)7-12-6-5-11(15)16-4/h12H,5-7H2,1-4H3. The number of aromatic nitrogens is 2. The van der Waals surface area contributed by atoms with E-state index in [0.29, 0.717) is 13.0 Å². The molecule has 0 amide bonds. The number of carbonyl (C=O) groups is 1. The normalized spacial score (nSPS) is 10.5. The first-order valence-electron chi connectivity index (χ1n) is 5.33. The number of rotatable bonds is 5. The Bertz CT molecular complexity index is 372. The Morgan fingerprint density at radius 3 is 2.69 bits per heavy atom. The molecular weight excluding hydrogens is 206 g/mol. The van der Waals surface area contributed by atoms with Gasteiger partial charge in [0.2, 0.25) is 0 Å². The second kappa shape index (κ2) is 5.65. The van der Waals surface area contributed by atoms with E-state index >= 15 is 0 Å². The first-order chi connectivity index (χ1) is 7.56. The van der Waals surface area contributed by atoms with Crippen molar-refractivity contribution < 1.29 is 9.53 Å². The molecule has 1 aromatic heterocycles. The highest BCUT2D eigenvalue weighted by Crippen LogP contribution is 2.10.